The minimum absolute atomic E-state index is 0.260. The van der Waals surface area contributed by atoms with Gasteiger partial charge >= 0.3 is 0 Å². The predicted octanol–water partition coefficient (Wildman–Crippen LogP) is 3.74. The Bertz CT molecular complexity index is 215. The van der Waals surface area contributed by atoms with E-state index < -0.39 is 0 Å². The van der Waals surface area contributed by atoms with Gasteiger partial charge in [-0.3, -0.25) is 0 Å². The van der Waals surface area contributed by atoms with Gasteiger partial charge in [0.2, 0.25) is 0 Å². The largest absolute Gasteiger partial charge is 0.377 e. The molecule has 102 valence electrons. The first-order valence-corrected chi connectivity index (χ1v) is 7.38. The second kappa shape index (κ2) is 6.75. The van der Waals surface area contributed by atoms with Crippen LogP contribution in [0.1, 0.15) is 66.2 Å². The summed E-state index contributed by atoms with van der Waals surface area (Å²) < 4.78 is 5.98. The molecule has 0 amide bonds. The highest BCUT2D eigenvalue weighted by Crippen LogP contribution is 2.40. The van der Waals surface area contributed by atoms with Gasteiger partial charge in [0.1, 0.15) is 0 Å². The fraction of sp³-hybridized carbons (Fsp3) is 1.00. The molecule has 0 spiro atoms. The van der Waals surface area contributed by atoms with E-state index >= 15 is 0 Å². The summed E-state index contributed by atoms with van der Waals surface area (Å²) in [5, 5.41) is 0. The summed E-state index contributed by atoms with van der Waals surface area (Å²) in [6.45, 7) is 10.2. The smallest absolute Gasteiger partial charge is 0.0728 e. The van der Waals surface area contributed by atoms with E-state index in [4.69, 9.17) is 10.5 Å². The summed E-state index contributed by atoms with van der Waals surface area (Å²) in [5.74, 6) is 0.777. The first-order valence-electron chi connectivity index (χ1n) is 7.38. The maximum Gasteiger partial charge on any atom is 0.0728 e. The summed E-state index contributed by atoms with van der Waals surface area (Å²) in [6, 6.07) is 0.260. The molecule has 0 saturated heterocycles. The molecule has 0 aromatic rings. The molecule has 0 radical (unpaired) electrons. The average molecular weight is 241 g/mol. The molecule has 1 saturated carbocycles. The molecular formula is C15H31NO. The second-order valence-corrected chi connectivity index (χ2v) is 6.28. The molecule has 3 atom stereocenters. The van der Waals surface area contributed by atoms with Crippen LogP contribution in [0, 0.1) is 11.3 Å². The quantitative estimate of drug-likeness (QED) is 0.719. The lowest BCUT2D eigenvalue weighted by Gasteiger charge is -2.41. The van der Waals surface area contributed by atoms with E-state index in [-0.39, 0.29) is 6.04 Å². The SMILES string of the molecule is CCCCOC1CC(C(C)(C)CC)CCC1N. The molecule has 1 aliphatic rings. The molecule has 2 N–H and O–H groups in total. The van der Waals surface area contributed by atoms with Crippen LogP contribution in [-0.2, 0) is 4.74 Å². The van der Waals surface area contributed by atoms with Gasteiger partial charge in [-0.1, -0.05) is 40.5 Å². The molecule has 0 heterocycles. The molecule has 2 nitrogen and oxygen atoms in total. The Hall–Kier alpha value is -0.0800. The number of nitrogens with two attached hydrogens (primary N) is 1. The summed E-state index contributed by atoms with van der Waals surface area (Å²) in [5.41, 5.74) is 6.62. The number of unbranched alkanes of at least 4 members (excludes halogenated alkanes) is 1. The molecule has 1 rings (SSSR count). The van der Waals surface area contributed by atoms with Crippen LogP contribution in [0.3, 0.4) is 0 Å². The number of rotatable bonds is 6. The minimum Gasteiger partial charge on any atom is -0.377 e. The van der Waals surface area contributed by atoms with Crippen molar-refractivity contribution in [1.29, 1.82) is 0 Å². The highest BCUT2D eigenvalue weighted by Gasteiger charge is 2.36. The van der Waals surface area contributed by atoms with Crippen LogP contribution < -0.4 is 5.73 Å². The minimum atomic E-state index is 0.260. The van der Waals surface area contributed by atoms with Gasteiger partial charge in [0.25, 0.3) is 0 Å². The summed E-state index contributed by atoms with van der Waals surface area (Å²) >= 11 is 0. The van der Waals surface area contributed by atoms with E-state index in [0.717, 1.165) is 31.8 Å². The maximum absolute atomic E-state index is 6.18. The Kier molecular flexibility index (Phi) is 5.94. The predicted molar refractivity (Wildman–Crippen MR) is 74.0 cm³/mol. The number of hydrogen-bond acceptors (Lipinski definition) is 2. The van der Waals surface area contributed by atoms with Crippen LogP contribution in [0.5, 0.6) is 0 Å². The third-order valence-electron chi connectivity index (χ3n) is 4.69. The van der Waals surface area contributed by atoms with E-state index in [1.165, 1.54) is 19.3 Å². The molecule has 17 heavy (non-hydrogen) atoms. The van der Waals surface area contributed by atoms with Gasteiger partial charge in [-0.15, -0.1) is 0 Å². The zero-order valence-electron chi connectivity index (χ0n) is 12.2. The van der Waals surface area contributed by atoms with Gasteiger partial charge in [0.15, 0.2) is 0 Å². The zero-order chi connectivity index (χ0) is 12.9. The van der Waals surface area contributed by atoms with Gasteiger partial charge in [-0.05, 0) is 37.0 Å². The second-order valence-electron chi connectivity index (χ2n) is 6.28. The van der Waals surface area contributed by atoms with Gasteiger partial charge in [-0.25, -0.2) is 0 Å². The molecule has 0 aliphatic heterocycles. The average Bonchev–Trinajstić information content (AvgIpc) is 2.31. The topological polar surface area (TPSA) is 35.2 Å². The Morgan fingerprint density at radius 2 is 1.94 bits per heavy atom. The van der Waals surface area contributed by atoms with Crippen molar-refractivity contribution < 1.29 is 4.74 Å². The van der Waals surface area contributed by atoms with Gasteiger partial charge in [0, 0.05) is 12.6 Å². The van der Waals surface area contributed by atoms with Crippen LogP contribution in [0.15, 0.2) is 0 Å². The summed E-state index contributed by atoms with van der Waals surface area (Å²) in [7, 11) is 0. The van der Waals surface area contributed by atoms with Crippen molar-refractivity contribution in [3.05, 3.63) is 0 Å². The van der Waals surface area contributed by atoms with E-state index in [1.54, 1.807) is 0 Å². The first-order chi connectivity index (χ1) is 8.01. The zero-order valence-corrected chi connectivity index (χ0v) is 12.2. The molecule has 0 aromatic carbocycles. The van der Waals surface area contributed by atoms with Crippen molar-refractivity contribution in [2.75, 3.05) is 6.61 Å². The monoisotopic (exact) mass is 241 g/mol. The normalized spacial score (nSPS) is 30.5. The van der Waals surface area contributed by atoms with E-state index in [1.807, 2.05) is 0 Å². The Balaban J connectivity index is 2.47. The first kappa shape index (κ1) is 15.0. The lowest BCUT2D eigenvalue weighted by Crippen LogP contribution is -2.45. The maximum atomic E-state index is 6.18. The van der Waals surface area contributed by atoms with Crippen LogP contribution in [-0.4, -0.2) is 18.8 Å². The molecule has 3 unspecified atom stereocenters. The van der Waals surface area contributed by atoms with Crippen molar-refractivity contribution in [2.45, 2.75) is 78.4 Å². The fourth-order valence-electron chi connectivity index (χ4n) is 2.72. The number of ether oxygens (including phenoxy) is 1. The van der Waals surface area contributed by atoms with Crippen LogP contribution in [0.4, 0.5) is 0 Å². The summed E-state index contributed by atoms with van der Waals surface area (Å²) in [4.78, 5) is 0. The van der Waals surface area contributed by atoms with E-state index in [2.05, 4.69) is 27.7 Å². The molecular weight excluding hydrogens is 210 g/mol. The van der Waals surface area contributed by atoms with E-state index in [9.17, 15) is 0 Å². The van der Waals surface area contributed by atoms with Gasteiger partial charge in [0.05, 0.1) is 6.10 Å². The van der Waals surface area contributed by atoms with Crippen molar-refractivity contribution in [3.8, 4) is 0 Å². The third kappa shape index (κ3) is 4.26. The third-order valence-corrected chi connectivity index (χ3v) is 4.69. The van der Waals surface area contributed by atoms with Gasteiger partial charge in [-0.2, -0.15) is 0 Å². The van der Waals surface area contributed by atoms with Crippen molar-refractivity contribution in [3.63, 3.8) is 0 Å². The van der Waals surface area contributed by atoms with Crippen molar-refractivity contribution >= 4 is 0 Å². The Morgan fingerprint density at radius 3 is 2.53 bits per heavy atom. The number of hydrogen-bond donors (Lipinski definition) is 1. The Morgan fingerprint density at radius 1 is 1.24 bits per heavy atom. The van der Waals surface area contributed by atoms with Crippen LogP contribution in [0.2, 0.25) is 0 Å². The highest BCUT2D eigenvalue weighted by molar-refractivity contribution is 4.89. The molecule has 0 bridgehead atoms. The molecule has 0 aromatic heterocycles. The molecule has 1 fully saturated rings. The van der Waals surface area contributed by atoms with Crippen molar-refractivity contribution in [1.82, 2.24) is 0 Å². The van der Waals surface area contributed by atoms with E-state index in [0.29, 0.717) is 11.5 Å². The lowest BCUT2D eigenvalue weighted by molar-refractivity contribution is -0.0233. The fourth-order valence-corrected chi connectivity index (χ4v) is 2.72. The van der Waals surface area contributed by atoms with Crippen LogP contribution in [0.25, 0.3) is 0 Å². The summed E-state index contributed by atoms with van der Waals surface area (Å²) in [6.07, 6.45) is 7.46. The lowest BCUT2D eigenvalue weighted by atomic mass is 9.68. The Labute approximate surface area is 107 Å². The standard InChI is InChI=1S/C15H31NO/c1-5-7-10-17-14-11-12(8-9-13(14)16)15(3,4)6-2/h12-14H,5-11,16H2,1-4H3. The highest BCUT2D eigenvalue weighted by atomic mass is 16.5. The van der Waals surface area contributed by atoms with Crippen LogP contribution >= 0.6 is 0 Å². The van der Waals surface area contributed by atoms with Crippen molar-refractivity contribution in [2.24, 2.45) is 17.1 Å². The molecule has 2 heteroatoms. The van der Waals surface area contributed by atoms with Gasteiger partial charge < -0.3 is 10.5 Å². The molecule has 1 aliphatic carbocycles.